The van der Waals surface area contributed by atoms with Crippen molar-refractivity contribution in [3.8, 4) is 0 Å². The third-order valence-corrected chi connectivity index (χ3v) is 4.48. The zero-order chi connectivity index (χ0) is 15.4. The van der Waals surface area contributed by atoms with Crippen LogP contribution in [0.2, 0.25) is 0 Å². The summed E-state index contributed by atoms with van der Waals surface area (Å²) in [6.45, 7) is 8.06. The van der Waals surface area contributed by atoms with Crippen LogP contribution in [-0.4, -0.2) is 29.7 Å². The molecule has 1 saturated carbocycles. The van der Waals surface area contributed by atoms with Gasteiger partial charge in [-0.15, -0.1) is 0 Å². The van der Waals surface area contributed by atoms with E-state index in [1.54, 1.807) is 6.92 Å². The zero-order valence-electron chi connectivity index (χ0n) is 13.1. The van der Waals surface area contributed by atoms with E-state index in [1.165, 1.54) is 6.42 Å². The highest BCUT2D eigenvalue weighted by molar-refractivity contribution is 5.77. The summed E-state index contributed by atoms with van der Waals surface area (Å²) in [7, 11) is 0. The van der Waals surface area contributed by atoms with Crippen LogP contribution in [0.1, 0.15) is 59.8 Å². The van der Waals surface area contributed by atoms with E-state index in [0.717, 1.165) is 19.3 Å². The first kappa shape index (κ1) is 16.8. The van der Waals surface area contributed by atoms with Gasteiger partial charge in [0.05, 0.1) is 5.41 Å². The standard InChI is InChI=1S/C15H28N2O3/c1-5-15(4,12(18)19)10-16-13(20)17-11-7-6-8-14(2,3)9-11/h11H,5-10H2,1-4H3,(H,18,19)(H2,16,17,20). The molecule has 1 aliphatic carbocycles. The predicted molar refractivity (Wildman–Crippen MR) is 78.6 cm³/mol. The Hall–Kier alpha value is -1.26. The largest absolute Gasteiger partial charge is 0.481 e. The molecule has 5 nitrogen and oxygen atoms in total. The Kier molecular flexibility index (Phi) is 5.42. The van der Waals surface area contributed by atoms with Crippen LogP contribution >= 0.6 is 0 Å². The summed E-state index contributed by atoms with van der Waals surface area (Å²) in [5, 5.41) is 14.8. The third-order valence-electron chi connectivity index (χ3n) is 4.48. The monoisotopic (exact) mass is 284 g/mol. The van der Waals surface area contributed by atoms with Crippen LogP contribution < -0.4 is 10.6 Å². The number of carboxylic acid groups (broad SMARTS) is 1. The number of rotatable bonds is 5. The van der Waals surface area contributed by atoms with Gasteiger partial charge >= 0.3 is 12.0 Å². The summed E-state index contributed by atoms with van der Waals surface area (Å²) in [5.74, 6) is -0.876. The van der Waals surface area contributed by atoms with Crippen LogP contribution in [0.3, 0.4) is 0 Å². The first-order valence-electron chi connectivity index (χ1n) is 7.46. The van der Waals surface area contributed by atoms with Gasteiger partial charge in [0.15, 0.2) is 0 Å². The highest BCUT2D eigenvalue weighted by Crippen LogP contribution is 2.35. The Morgan fingerprint density at radius 2 is 2.05 bits per heavy atom. The SMILES string of the molecule is CCC(C)(CNC(=O)NC1CCCC(C)(C)C1)C(=O)O. The van der Waals surface area contributed by atoms with Crippen LogP contribution in [0, 0.1) is 10.8 Å². The number of urea groups is 1. The fourth-order valence-corrected chi connectivity index (χ4v) is 2.68. The first-order chi connectivity index (χ1) is 9.18. The van der Waals surface area contributed by atoms with E-state index < -0.39 is 11.4 Å². The van der Waals surface area contributed by atoms with Crippen molar-refractivity contribution >= 4 is 12.0 Å². The molecule has 0 saturated heterocycles. The number of amides is 2. The molecule has 0 spiro atoms. The number of carboxylic acids is 1. The summed E-state index contributed by atoms with van der Waals surface area (Å²) < 4.78 is 0. The highest BCUT2D eigenvalue weighted by Gasteiger charge is 2.32. The molecule has 0 aromatic carbocycles. The van der Waals surface area contributed by atoms with Gasteiger partial charge in [0, 0.05) is 12.6 Å². The first-order valence-corrected chi connectivity index (χ1v) is 7.46. The minimum atomic E-state index is -0.900. The molecule has 1 rings (SSSR count). The van der Waals surface area contributed by atoms with Crippen molar-refractivity contribution in [3.05, 3.63) is 0 Å². The van der Waals surface area contributed by atoms with Gasteiger partial charge in [0.2, 0.25) is 0 Å². The molecule has 2 unspecified atom stereocenters. The van der Waals surface area contributed by atoms with E-state index in [9.17, 15) is 9.59 Å². The molecule has 3 N–H and O–H groups in total. The van der Waals surface area contributed by atoms with Crippen LogP contribution in [-0.2, 0) is 4.79 Å². The lowest BCUT2D eigenvalue weighted by Crippen LogP contribution is -2.49. The second-order valence-electron chi connectivity index (χ2n) is 7.00. The molecule has 1 fully saturated rings. The van der Waals surface area contributed by atoms with E-state index in [4.69, 9.17) is 5.11 Å². The smallest absolute Gasteiger partial charge is 0.315 e. The van der Waals surface area contributed by atoms with Crippen molar-refractivity contribution in [2.75, 3.05) is 6.54 Å². The molecule has 1 aliphatic rings. The van der Waals surface area contributed by atoms with Crippen LogP contribution in [0.25, 0.3) is 0 Å². The molecule has 5 heteroatoms. The summed E-state index contributed by atoms with van der Waals surface area (Å²) in [5.41, 5.74) is -0.627. The molecule has 20 heavy (non-hydrogen) atoms. The van der Waals surface area contributed by atoms with Crippen molar-refractivity contribution in [2.45, 2.75) is 65.8 Å². The maximum absolute atomic E-state index is 11.9. The Balaban J connectivity index is 2.42. The average Bonchev–Trinajstić information content (AvgIpc) is 2.34. The maximum Gasteiger partial charge on any atom is 0.315 e. The van der Waals surface area contributed by atoms with E-state index in [-0.39, 0.29) is 24.0 Å². The Morgan fingerprint density at radius 1 is 1.40 bits per heavy atom. The average molecular weight is 284 g/mol. The van der Waals surface area contributed by atoms with Gasteiger partial charge in [-0.25, -0.2) is 4.79 Å². The molecule has 0 bridgehead atoms. The molecular formula is C15H28N2O3. The van der Waals surface area contributed by atoms with Crippen molar-refractivity contribution in [1.82, 2.24) is 10.6 Å². The molecule has 2 amide bonds. The van der Waals surface area contributed by atoms with Gasteiger partial charge in [-0.3, -0.25) is 4.79 Å². The summed E-state index contributed by atoms with van der Waals surface area (Å²) in [4.78, 5) is 23.1. The van der Waals surface area contributed by atoms with Gasteiger partial charge in [-0.2, -0.15) is 0 Å². The topological polar surface area (TPSA) is 78.4 Å². The van der Waals surface area contributed by atoms with Crippen LogP contribution in [0.15, 0.2) is 0 Å². The second-order valence-corrected chi connectivity index (χ2v) is 7.00. The van der Waals surface area contributed by atoms with Crippen molar-refractivity contribution in [2.24, 2.45) is 10.8 Å². The Bertz CT molecular complexity index is 368. The minimum Gasteiger partial charge on any atom is -0.481 e. The molecule has 0 aromatic rings. The normalized spacial score (nSPS) is 24.5. The number of aliphatic carboxylic acids is 1. The van der Waals surface area contributed by atoms with Crippen LogP contribution in [0.4, 0.5) is 4.79 Å². The lowest BCUT2D eigenvalue weighted by Gasteiger charge is -2.35. The van der Waals surface area contributed by atoms with Crippen molar-refractivity contribution in [1.29, 1.82) is 0 Å². The highest BCUT2D eigenvalue weighted by atomic mass is 16.4. The summed E-state index contributed by atoms with van der Waals surface area (Å²) >= 11 is 0. The fraction of sp³-hybridized carbons (Fsp3) is 0.867. The van der Waals surface area contributed by atoms with Crippen LogP contribution in [0.5, 0.6) is 0 Å². The minimum absolute atomic E-state index is 0.154. The molecule has 0 aliphatic heterocycles. The number of carbonyl (C=O) groups is 2. The quantitative estimate of drug-likeness (QED) is 0.726. The summed E-state index contributed by atoms with van der Waals surface area (Å²) in [6, 6.07) is -0.0647. The molecule has 116 valence electrons. The van der Waals surface area contributed by atoms with Gasteiger partial charge < -0.3 is 15.7 Å². The maximum atomic E-state index is 11.9. The lowest BCUT2D eigenvalue weighted by molar-refractivity contribution is -0.147. The molecule has 0 radical (unpaired) electrons. The summed E-state index contributed by atoms with van der Waals surface area (Å²) in [6.07, 6.45) is 4.78. The van der Waals surface area contributed by atoms with Crippen molar-refractivity contribution < 1.29 is 14.7 Å². The predicted octanol–water partition coefficient (Wildman–Crippen LogP) is 2.76. The lowest BCUT2D eigenvalue weighted by atomic mass is 9.75. The van der Waals surface area contributed by atoms with E-state index in [2.05, 4.69) is 24.5 Å². The fourth-order valence-electron chi connectivity index (χ4n) is 2.68. The van der Waals surface area contributed by atoms with E-state index in [0.29, 0.717) is 6.42 Å². The molecule has 0 heterocycles. The van der Waals surface area contributed by atoms with Gasteiger partial charge in [0.25, 0.3) is 0 Å². The Labute approximate surface area is 121 Å². The zero-order valence-corrected chi connectivity index (χ0v) is 13.1. The number of hydrogen-bond donors (Lipinski definition) is 3. The van der Waals surface area contributed by atoms with Gasteiger partial charge in [-0.05, 0) is 38.0 Å². The molecule has 0 aromatic heterocycles. The molecular weight excluding hydrogens is 256 g/mol. The third kappa shape index (κ3) is 4.69. The number of hydrogen-bond acceptors (Lipinski definition) is 2. The van der Waals surface area contributed by atoms with Gasteiger partial charge in [-0.1, -0.05) is 27.2 Å². The number of nitrogens with one attached hydrogen (secondary N) is 2. The number of carbonyl (C=O) groups excluding carboxylic acids is 1. The van der Waals surface area contributed by atoms with Crippen molar-refractivity contribution in [3.63, 3.8) is 0 Å². The van der Waals surface area contributed by atoms with Gasteiger partial charge in [0.1, 0.15) is 0 Å². The Morgan fingerprint density at radius 3 is 2.55 bits per heavy atom. The van der Waals surface area contributed by atoms with E-state index >= 15 is 0 Å². The second kappa shape index (κ2) is 6.46. The molecule has 2 atom stereocenters. The van der Waals surface area contributed by atoms with E-state index in [1.807, 2.05) is 6.92 Å².